The molecule has 0 amide bonds. The fourth-order valence-corrected chi connectivity index (χ4v) is 2.25. The SMILES string of the molecule is Cc1cc(C(=O)O)c(C)n1-c1ccc(F)c(C(F)(F)F)c1. The summed E-state index contributed by atoms with van der Waals surface area (Å²) < 4.78 is 52.8. The number of aryl methyl sites for hydroxylation is 1. The molecular weight excluding hydrogens is 290 g/mol. The van der Waals surface area contributed by atoms with E-state index >= 15 is 0 Å². The van der Waals surface area contributed by atoms with E-state index in [0.29, 0.717) is 11.8 Å². The lowest BCUT2D eigenvalue weighted by molar-refractivity contribution is -0.140. The highest BCUT2D eigenvalue weighted by Gasteiger charge is 2.34. The van der Waals surface area contributed by atoms with Gasteiger partial charge in [0.15, 0.2) is 0 Å². The Bertz CT molecular complexity index is 716. The summed E-state index contributed by atoms with van der Waals surface area (Å²) in [6.45, 7) is 3.04. The van der Waals surface area contributed by atoms with Crippen molar-refractivity contribution >= 4 is 5.97 Å². The van der Waals surface area contributed by atoms with Crippen LogP contribution in [0.2, 0.25) is 0 Å². The fourth-order valence-electron chi connectivity index (χ4n) is 2.25. The molecule has 21 heavy (non-hydrogen) atoms. The Kier molecular flexibility index (Phi) is 3.52. The van der Waals surface area contributed by atoms with Crippen molar-refractivity contribution in [3.8, 4) is 5.69 Å². The Balaban J connectivity index is 2.66. The normalized spacial score (nSPS) is 11.7. The number of halogens is 4. The Morgan fingerprint density at radius 3 is 2.29 bits per heavy atom. The van der Waals surface area contributed by atoms with Gasteiger partial charge in [-0.15, -0.1) is 0 Å². The lowest BCUT2D eigenvalue weighted by atomic mass is 10.1. The van der Waals surface area contributed by atoms with Gasteiger partial charge in [0.25, 0.3) is 0 Å². The fraction of sp³-hybridized carbons (Fsp3) is 0.214. The largest absolute Gasteiger partial charge is 0.478 e. The molecule has 1 N–H and O–H groups in total. The first-order valence-corrected chi connectivity index (χ1v) is 5.92. The summed E-state index contributed by atoms with van der Waals surface area (Å²) in [5.41, 5.74) is -0.606. The smallest absolute Gasteiger partial charge is 0.419 e. The molecule has 2 aromatic rings. The van der Waals surface area contributed by atoms with Crippen LogP contribution in [-0.2, 0) is 6.18 Å². The van der Waals surface area contributed by atoms with E-state index in [2.05, 4.69) is 0 Å². The van der Waals surface area contributed by atoms with E-state index in [1.165, 1.54) is 23.6 Å². The van der Waals surface area contributed by atoms with Crippen molar-refractivity contribution in [3.63, 3.8) is 0 Å². The molecular formula is C14H11F4NO2. The second kappa shape index (κ2) is 4.91. The van der Waals surface area contributed by atoms with Gasteiger partial charge in [-0.1, -0.05) is 0 Å². The molecule has 7 heteroatoms. The van der Waals surface area contributed by atoms with Crippen LogP contribution in [0.1, 0.15) is 27.3 Å². The third-order valence-electron chi connectivity index (χ3n) is 3.18. The third kappa shape index (κ3) is 2.63. The number of benzene rings is 1. The van der Waals surface area contributed by atoms with Gasteiger partial charge in [-0.05, 0) is 38.1 Å². The van der Waals surface area contributed by atoms with Crippen LogP contribution < -0.4 is 0 Å². The first-order valence-electron chi connectivity index (χ1n) is 5.92. The molecule has 1 heterocycles. The highest BCUT2D eigenvalue weighted by atomic mass is 19.4. The molecule has 0 spiro atoms. The quantitative estimate of drug-likeness (QED) is 0.853. The molecule has 1 aromatic heterocycles. The van der Waals surface area contributed by atoms with Gasteiger partial charge in [0.1, 0.15) is 5.82 Å². The van der Waals surface area contributed by atoms with Crippen LogP contribution in [0.15, 0.2) is 24.3 Å². The number of carboxylic acid groups (broad SMARTS) is 1. The monoisotopic (exact) mass is 301 g/mol. The molecule has 0 bridgehead atoms. The van der Waals surface area contributed by atoms with Gasteiger partial charge in [0, 0.05) is 17.1 Å². The second-order valence-electron chi connectivity index (χ2n) is 4.59. The summed E-state index contributed by atoms with van der Waals surface area (Å²) in [5, 5.41) is 9.02. The molecule has 1 aromatic carbocycles. The molecule has 0 saturated carbocycles. The highest BCUT2D eigenvalue weighted by molar-refractivity contribution is 5.89. The number of nitrogens with zero attached hydrogens (tertiary/aromatic N) is 1. The van der Waals surface area contributed by atoms with Gasteiger partial charge in [-0.3, -0.25) is 0 Å². The third-order valence-corrected chi connectivity index (χ3v) is 3.18. The molecule has 112 valence electrons. The van der Waals surface area contributed by atoms with Gasteiger partial charge in [0.2, 0.25) is 0 Å². The molecule has 0 radical (unpaired) electrons. The first kappa shape index (κ1) is 15.1. The van der Waals surface area contributed by atoms with Crippen LogP contribution >= 0.6 is 0 Å². The van der Waals surface area contributed by atoms with Crippen molar-refractivity contribution in [2.24, 2.45) is 0 Å². The van der Waals surface area contributed by atoms with Crippen LogP contribution in [-0.4, -0.2) is 15.6 Å². The van der Waals surface area contributed by atoms with Crippen LogP contribution in [0.4, 0.5) is 17.6 Å². The van der Waals surface area contributed by atoms with Crippen molar-refractivity contribution in [3.05, 3.63) is 52.6 Å². The van der Waals surface area contributed by atoms with E-state index in [9.17, 15) is 22.4 Å². The standard InChI is InChI=1S/C14H11F4NO2/c1-7-5-10(13(20)21)8(2)19(7)9-3-4-12(15)11(6-9)14(16,17)18/h3-6H,1-2H3,(H,20,21). The summed E-state index contributed by atoms with van der Waals surface area (Å²) in [6.07, 6.45) is -4.81. The number of aromatic nitrogens is 1. The van der Waals surface area contributed by atoms with E-state index in [1.54, 1.807) is 6.92 Å². The minimum Gasteiger partial charge on any atom is -0.478 e. The Labute approximate surface area is 117 Å². The van der Waals surface area contributed by atoms with Gasteiger partial charge in [0.05, 0.1) is 11.1 Å². The zero-order valence-corrected chi connectivity index (χ0v) is 11.1. The van der Waals surface area contributed by atoms with Crippen molar-refractivity contribution < 1.29 is 27.5 Å². The Hall–Kier alpha value is -2.31. The number of hydrogen-bond acceptors (Lipinski definition) is 1. The molecule has 2 rings (SSSR count). The number of alkyl halides is 3. The minimum atomic E-state index is -4.81. The van der Waals surface area contributed by atoms with Gasteiger partial charge < -0.3 is 9.67 Å². The van der Waals surface area contributed by atoms with E-state index in [1.807, 2.05) is 0 Å². The Morgan fingerprint density at radius 2 is 1.81 bits per heavy atom. The summed E-state index contributed by atoms with van der Waals surface area (Å²) >= 11 is 0. The van der Waals surface area contributed by atoms with E-state index < -0.39 is 23.5 Å². The lowest BCUT2D eigenvalue weighted by Gasteiger charge is -2.13. The van der Waals surface area contributed by atoms with E-state index in [0.717, 1.165) is 6.07 Å². The van der Waals surface area contributed by atoms with Crippen molar-refractivity contribution in [2.45, 2.75) is 20.0 Å². The molecule has 0 unspecified atom stereocenters. The lowest BCUT2D eigenvalue weighted by Crippen LogP contribution is -2.10. The van der Waals surface area contributed by atoms with Crippen LogP contribution in [0.5, 0.6) is 0 Å². The highest BCUT2D eigenvalue weighted by Crippen LogP contribution is 2.33. The van der Waals surface area contributed by atoms with E-state index in [4.69, 9.17) is 5.11 Å². The number of carbonyl (C=O) groups is 1. The maximum atomic E-state index is 13.3. The second-order valence-corrected chi connectivity index (χ2v) is 4.59. The summed E-state index contributed by atoms with van der Waals surface area (Å²) in [6, 6.07) is 3.92. The predicted octanol–water partition coefficient (Wildman–Crippen LogP) is 3.95. The van der Waals surface area contributed by atoms with Gasteiger partial charge in [-0.2, -0.15) is 13.2 Å². The zero-order valence-electron chi connectivity index (χ0n) is 11.1. The average molecular weight is 301 g/mol. The summed E-state index contributed by atoms with van der Waals surface area (Å²) in [5.74, 6) is -2.54. The number of rotatable bonds is 2. The van der Waals surface area contributed by atoms with Gasteiger partial charge >= 0.3 is 12.1 Å². The summed E-state index contributed by atoms with van der Waals surface area (Å²) in [7, 11) is 0. The zero-order chi connectivity index (χ0) is 15.9. The molecule has 0 aliphatic carbocycles. The predicted molar refractivity (Wildman–Crippen MR) is 67.2 cm³/mol. The van der Waals surface area contributed by atoms with E-state index in [-0.39, 0.29) is 16.9 Å². The molecule has 0 saturated heterocycles. The molecule has 0 fully saturated rings. The number of carboxylic acids is 1. The average Bonchev–Trinajstić information content (AvgIpc) is 2.65. The number of hydrogen-bond donors (Lipinski definition) is 1. The Morgan fingerprint density at radius 1 is 1.19 bits per heavy atom. The van der Waals surface area contributed by atoms with Crippen molar-refractivity contribution in [1.29, 1.82) is 0 Å². The topological polar surface area (TPSA) is 42.2 Å². The van der Waals surface area contributed by atoms with Crippen LogP contribution in [0, 0.1) is 19.7 Å². The maximum absolute atomic E-state index is 13.3. The molecule has 0 aliphatic rings. The van der Waals surface area contributed by atoms with Crippen LogP contribution in [0.3, 0.4) is 0 Å². The molecule has 3 nitrogen and oxygen atoms in total. The maximum Gasteiger partial charge on any atom is 0.419 e. The molecule has 0 aliphatic heterocycles. The van der Waals surface area contributed by atoms with Crippen molar-refractivity contribution in [1.82, 2.24) is 4.57 Å². The number of aromatic carboxylic acids is 1. The summed E-state index contributed by atoms with van der Waals surface area (Å²) in [4.78, 5) is 11.0. The first-order chi connectivity index (χ1) is 9.62. The van der Waals surface area contributed by atoms with Crippen molar-refractivity contribution in [2.75, 3.05) is 0 Å². The minimum absolute atomic E-state index is 0.00890. The van der Waals surface area contributed by atoms with Crippen LogP contribution in [0.25, 0.3) is 5.69 Å². The molecule has 0 atom stereocenters. The van der Waals surface area contributed by atoms with Gasteiger partial charge in [-0.25, -0.2) is 9.18 Å².